The minimum Gasteiger partial charge on any atom is -0.493 e. The van der Waals surface area contributed by atoms with E-state index in [2.05, 4.69) is 4.99 Å². The van der Waals surface area contributed by atoms with Gasteiger partial charge in [-0.15, -0.1) is 0 Å². The molecule has 0 aromatic heterocycles. The summed E-state index contributed by atoms with van der Waals surface area (Å²) in [6, 6.07) is 7.89. The number of ether oxygens (including phenoxy) is 2. The maximum Gasteiger partial charge on any atom is 0.337 e. The first-order valence-corrected chi connectivity index (χ1v) is 12.3. The first-order valence-electron chi connectivity index (χ1n) is 9.29. The molecular formula is C21H23ClIN2O3+. The first kappa shape index (κ1) is 19.8. The van der Waals surface area contributed by atoms with Crippen LogP contribution in [0, 0.1) is 0 Å². The normalized spacial score (nSPS) is 18.8. The molecule has 28 heavy (non-hydrogen) atoms. The summed E-state index contributed by atoms with van der Waals surface area (Å²) in [6.45, 7) is 4.82. The second kappa shape index (κ2) is 7.71. The number of nitrogens with zero attached hydrogens (tertiary/aromatic N) is 2. The summed E-state index contributed by atoms with van der Waals surface area (Å²) in [4.78, 5) is 19.5. The van der Waals surface area contributed by atoms with Crippen LogP contribution in [0.2, 0.25) is 0 Å². The Balaban J connectivity index is 1.71. The number of hydrogen-bond donors (Lipinski definition) is 0. The average Bonchev–Trinajstić information content (AvgIpc) is 3.07. The third kappa shape index (κ3) is 3.94. The zero-order valence-corrected chi connectivity index (χ0v) is 19.1. The fourth-order valence-electron chi connectivity index (χ4n) is 3.58. The molecule has 0 spiro atoms. The minimum absolute atomic E-state index is 0.0605. The summed E-state index contributed by atoms with van der Waals surface area (Å²) in [7, 11) is 1.63. The lowest BCUT2D eigenvalue weighted by Crippen LogP contribution is -3.68. The number of aliphatic imine (C=N–C) groups is 1. The van der Waals surface area contributed by atoms with Gasteiger partial charge in [-0.25, -0.2) is 0 Å². The second-order valence-electron chi connectivity index (χ2n) is 7.42. The molecule has 2 aliphatic heterocycles. The van der Waals surface area contributed by atoms with Crippen LogP contribution in [0.25, 0.3) is 10.8 Å². The van der Waals surface area contributed by atoms with Crippen LogP contribution < -0.4 is 30.7 Å². The van der Waals surface area contributed by atoms with E-state index >= 15 is 0 Å². The molecule has 1 amide bonds. The van der Waals surface area contributed by atoms with Gasteiger partial charge in [-0.3, -0.25) is 9.79 Å². The molecular weight excluding hydrogens is 491 g/mol. The highest BCUT2D eigenvalue weighted by Gasteiger charge is 2.32. The van der Waals surface area contributed by atoms with E-state index in [-0.39, 0.29) is 36.0 Å². The SMILES string of the molecule is COc1cc2cc3c(cc2cc1OC[I+]C(C)(C)Cl)N=CC1CCCN1C3=O. The Hall–Kier alpha value is -1.54. The van der Waals surface area contributed by atoms with Gasteiger partial charge >= 0.3 is 21.2 Å². The molecule has 2 aromatic rings. The molecule has 5 nitrogen and oxygen atoms in total. The van der Waals surface area contributed by atoms with Crippen molar-refractivity contribution in [3.8, 4) is 11.5 Å². The Morgan fingerprint density at radius 1 is 1.25 bits per heavy atom. The lowest BCUT2D eigenvalue weighted by molar-refractivity contribution is -0.720. The minimum atomic E-state index is -0.317. The van der Waals surface area contributed by atoms with Crippen molar-refractivity contribution in [3.05, 3.63) is 29.8 Å². The van der Waals surface area contributed by atoms with Crippen molar-refractivity contribution in [3.63, 3.8) is 0 Å². The number of halogens is 2. The maximum atomic E-state index is 13.0. The average molecular weight is 514 g/mol. The molecule has 1 atom stereocenters. The number of carbonyl (C=O) groups excluding carboxylic acids is 1. The predicted molar refractivity (Wildman–Crippen MR) is 108 cm³/mol. The molecule has 1 fully saturated rings. The van der Waals surface area contributed by atoms with E-state index in [4.69, 9.17) is 21.1 Å². The van der Waals surface area contributed by atoms with Crippen LogP contribution in [0.3, 0.4) is 0 Å². The van der Waals surface area contributed by atoms with Crippen molar-refractivity contribution in [2.75, 3.05) is 18.3 Å². The third-order valence-corrected chi connectivity index (χ3v) is 8.11. The van der Waals surface area contributed by atoms with Gasteiger partial charge in [0.2, 0.25) is 2.88 Å². The Morgan fingerprint density at radius 2 is 2.00 bits per heavy atom. The lowest BCUT2D eigenvalue weighted by Gasteiger charge is -2.20. The van der Waals surface area contributed by atoms with Gasteiger partial charge in [0.15, 0.2) is 11.5 Å². The molecule has 0 aliphatic carbocycles. The summed E-state index contributed by atoms with van der Waals surface area (Å²) in [5, 5.41) is 1.92. The molecule has 4 rings (SSSR count). The summed E-state index contributed by atoms with van der Waals surface area (Å²) >= 11 is 5.99. The number of rotatable bonds is 5. The van der Waals surface area contributed by atoms with Crippen molar-refractivity contribution in [1.82, 2.24) is 4.90 Å². The number of methoxy groups -OCH3 is 1. The summed E-state index contributed by atoms with van der Waals surface area (Å²) in [5.74, 6) is 1.41. The largest absolute Gasteiger partial charge is 0.493 e. The Bertz CT molecular complexity index is 955. The third-order valence-electron chi connectivity index (χ3n) is 5.00. The summed E-state index contributed by atoms with van der Waals surface area (Å²) < 4.78 is 11.9. The van der Waals surface area contributed by atoms with E-state index in [0.717, 1.165) is 35.8 Å². The van der Waals surface area contributed by atoms with E-state index in [9.17, 15) is 4.79 Å². The number of benzene rings is 2. The zero-order chi connectivity index (χ0) is 19.9. The number of amides is 1. The highest BCUT2D eigenvalue weighted by molar-refractivity contribution is 6.21. The van der Waals surface area contributed by atoms with E-state index < -0.39 is 0 Å². The van der Waals surface area contributed by atoms with Crippen molar-refractivity contribution in [1.29, 1.82) is 0 Å². The number of hydrogen-bond acceptors (Lipinski definition) is 4. The molecule has 2 heterocycles. The molecule has 1 unspecified atom stereocenters. The van der Waals surface area contributed by atoms with Crippen molar-refractivity contribution < 1.29 is 35.5 Å². The smallest absolute Gasteiger partial charge is 0.337 e. The fraction of sp³-hybridized carbons (Fsp3) is 0.429. The van der Waals surface area contributed by atoms with Crippen LogP contribution in [0.4, 0.5) is 5.69 Å². The van der Waals surface area contributed by atoms with Crippen LogP contribution in [-0.4, -0.2) is 44.2 Å². The van der Waals surface area contributed by atoms with Crippen LogP contribution in [0.5, 0.6) is 11.5 Å². The molecule has 0 bridgehead atoms. The fourth-order valence-corrected chi connectivity index (χ4v) is 5.09. The van der Waals surface area contributed by atoms with Gasteiger partial charge in [0.25, 0.3) is 10.5 Å². The maximum absolute atomic E-state index is 13.0. The Labute approximate surface area is 180 Å². The molecule has 0 saturated carbocycles. The standard InChI is InChI=1S/C21H23ClIN2O3/c1-21(2,22)23-12-28-19-10-14-8-17-16(7-13(14)9-18(19)27-3)20(26)25-6-4-5-15(25)11-24-17/h7-11,15H,4-6,12H2,1-3H3/q+1. The van der Waals surface area contributed by atoms with E-state index in [1.54, 1.807) is 7.11 Å². The van der Waals surface area contributed by atoms with Gasteiger partial charge in [-0.05, 0) is 61.7 Å². The molecule has 148 valence electrons. The predicted octanol–water partition coefficient (Wildman–Crippen LogP) is 1.57. The van der Waals surface area contributed by atoms with Gasteiger partial charge < -0.3 is 14.4 Å². The molecule has 0 radical (unpaired) electrons. The van der Waals surface area contributed by atoms with Crippen LogP contribution >= 0.6 is 11.6 Å². The lowest BCUT2D eigenvalue weighted by atomic mass is 10.0. The molecule has 1 saturated heterocycles. The summed E-state index contributed by atoms with van der Waals surface area (Å²) in [5.41, 5.74) is 1.37. The van der Waals surface area contributed by atoms with Gasteiger partial charge in [0.05, 0.1) is 24.4 Å². The van der Waals surface area contributed by atoms with Crippen LogP contribution in [-0.2, 0) is 0 Å². The molecule has 0 N–H and O–H groups in total. The quantitative estimate of drug-likeness (QED) is 0.451. The van der Waals surface area contributed by atoms with Gasteiger partial charge in [-0.1, -0.05) is 11.6 Å². The first-order chi connectivity index (χ1) is 13.4. The van der Waals surface area contributed by atoms with E-state index in [1.807, 2.05) is 49.2 Å². The second-order valence-corrected chi connectivity index (χ2v) is 13.1. The Morgan fingerprint density at radius 3 is 2.75 bits per heavy atom. The van der Waals surface area contributed by atoms with Gasteiger partial charge in [0, 0.05) is 12.8 Å². The van der Waals surface area contributed by atoms with Crippen molar-refractivity contribution in [2.45, 2.75) is 35.6 Å². The van der Waals surface area contributed by atoms with Gasteiger partial charge in [-0.2, -0.15) is 0 Å². The van der Waals surface area contributed by atoms with E-state index in [1.165, 1.54) is 0 Å². The molecule has 2 aromatic carbocycles. The van der Waals surface area contributed by atoms with Gasteiger partial charge in [0.1, 0.15) is 0 Å². The number of fused-ring (bicyclic) bond motifs is 3. The van der Waals surface area contributed by atoms with Crippen molar-refractivity contribution in [2.24, 2.45) is 4.99 Å². The van der Waals surface area contributed by atoms with Crippen LogP contribution in [0.1, 0.15) is 37.0 Å². The topological polar surface area (TPSA) is 51.1 Å². The molecule has 2 aliphatic rings. The Kier molecular flexibility index (Phi) is 5.44. The zero-order valence-electron chi connectivity index (χ0n) is 16.2. The highest BCUT2D eigenvalue weighted by Crippen LogP contribution is 2.37. The van der Waals surface area contributed by atoms with Crippen LogP contribution in [0.15, 0.2) is 29.3 Å². The summed E-state index contributed by atoms with van der Waals surface area (Å²) in [6.07, 6.45) is 3.92. The molecule has 7 heteroatoms. The monoisotopic (exact) mass is 513 g/mol. The van der Waals surface area contributed by atoms with E-state index in [0.29, 0.717) is 21.7 Å². The number of carbonyl (C=O) groups is 1. The van der Waals surface area contributed by atoms with Crippen molar-refractivity contribution >= 4 is 40.2 Å². The number of alkyl halides is 3. The highest BCUT2D eigenvalue weighted by atomic mass is 127.